The molecule has 1 N–H and O–H groups in total. The molecule has 0 radical (unpaired) electrons. The second-order valence-electron chi connectivity index (χ2n) is 6.70. The zero-order valence-electron chi connectivity index (χ0n) is 16.0. The van der Waals surface area contributed by atoms with Crippen LogP contribution in [0, 0.1) is 10.1 Å². The SMILES string of the molecule is O=c1sc2cc(S(=O)(=O)Nc3cc([N+](=O)[O-])ccc3Cl)ccc2n1Cc1ccccc1Cl. The van der Waals surface area contributed by atoms with Gasteiger partial charge in [0.25, 0.3) is 15.7 Å². The van der Waals surface area contributed by atoms with E-state index in [2.05, 4.69) is 4.72 Å². The van der Waals surface area contributed by atoms with Gasteiger partial charge in [-0.25, -0.2) is 8.42 Å². The van der Waals surface area contributed by atoms with Crippen LogP contribution in [0.5, 0.6) is 0 Å². The predicted octanol–water partition coefficient (Wildman–Crippen LogP) is 5.13. The Morgan fingerprint density at radius 1 is 1.03 bits per heavy atom. The highest BCUT2D eigenvalue weighted by Crippen LogP contribution is 2.30. The van der Waals surface area contributed by atoms with Crippen molar-refractivity contribution in [3.63, 3.8) is 0 Å². The summed E-state index contributed by atoms with van der Waals surface area (Å²) in [5.41, 5.74) is 0.893. The molecule has 1 heterocycles. The molecule has 0 bridgehead atoms. The molecule has 3 aromatic carbocycles. The smallest absolute Gasteiger partial charge is 0.294 e. The third-order valence-electron chi connectivity index (χ3n) is 4.64. The summed E-state index contributed by atoms with van der Waals surface area (Å²) in [6.07, 6.45) is 0. The average Bonchev–Trinajstić information content (AvgIpc) is 3.05. The van der Waals surface area contributed by atoms with E-state index < -0.39 is 14.9 Å². The van der Waals surface area contributed by atoms with Gasteiger partial charge in [-0.1, -0.05) is 52.7 Å². The van der Waals surface area contributed by atoms with E-state index in [0.29, 0.717) is 15.2 Å². The first-order valence-electron chi connectivity index (χ1n) is 8.99. The number of anilines is 1. The number of nitro benzene ring substituents is 1. The topological polar surface area (TPSA) is 111 Å². The highest BCUT2D eigenvalue weighted by Gasteiger charge is 2.20. The monoisotopic (exact) mass is 509 g/mol. The van der Waals surface area contributed by atoms with Crippen molar-refractivity contribution in [3.8, 4) is 0 Å². The van der Waals surface area contributed by atoms with Crippen molar-refractivity contribution in [2.45, 2.75) is 11.4 Å². The third kappa shape index (κ3) is 4.35. The quantitative estimate of drug-likeness (QED) is 0.286. The number of aromatic nitrogens is 1. The number of non-ortho nitro benzene ring substituents is 1. The number of hydrogen-bond acceptors (Lipinski definition) is 6. The van der Waals surface area contributed by atoms with Crippen LogP contribution in [0.4, 0.5) is 11.4 Å². The van der Waals surface area contributed by atoms with Crippen LogP contribution in [0.25, 0.3) is 10.2 Å². The van der Waals surface area contributed by atoms with Crippen LogP contribution in [-0.4, -0.2) is 17.9 Å². The van der Waals surface area contributed by atoms with E-state index in [0.717, 1.165) is 23.0 Å². The number of rotatable bonds is 6. The van der Waals surface area contributed by atoms with Gasteiger partial charge in [0.05, 0.1) is 37.3 Å². The Morgan fingerprint density at radius 2 is 1.78 bits per heavy atom. The molecule has 0 spiro atoms. The molecule has 0 unspecified atom stereocenters. The van der Waals surface area contributed by atoms with Crippen molar-refractivity contribution >= 4 is 66.2 Å². The first kappa shape index (κ1) is 22.3. The maximum atomic E-state index is 12.9. The zero-order valence-corrected chi connectivity index (χ0v) is 19.1. The lowest BCUT2D eigenvalue weighted by atomic mass is 10.2. The maximum absolute atomic E-state index is 12.9. The van der Waals surface area contributed by atoms with E-state index in [1.165, 1.54) is 34.9 Å². The van der Waals surface area contributed by atoms with Gasteiger partial charge in [-0.3, -0.25) is 24.2 Å². The molecular formula is C20H13Cl2N3O5S2. The molecule has 0 aliphatic carbocycles. The molecule has 0 aliphatic heterocycles. The van der Waals surface area contributed by atoms with E-state index >= 15 is 0 Å². The predicted molar refractivity (Wildman–Crippen MR) is 126 cm³/mol. The Balaban J connectivity index is 1.70. The van der Waals surface area contributed by atoms with Crippen molar-refractivity contribution < 1.29 is 13.3 Å². The minimum Gasteiger partial charge on any atom is -0.294 e. The first-order chi connectivity index (χ1) is 15.2. The summed E-state index contributed by atoms with van der Waals surface area (Å²) < 4.78 is 30.0. The molecule has 1 aromatic heterocycles. The molecule has 0 atom stereocenters. The summed E-state index contributed by atoms with van der Waals surface area (Å²) in [6, 6.07) is 14.9. The molecule has 4 rings (SSSR count). The Hall–Kier alpha value is -2.92. The number of nitro groups is 1. The van der Waals surface area contributed by atoms with Gasteiger partial charge in [0.2, 0.25) is 0 Å². The van der Waals surface area contributed by atoms with Crippen LogP contribution in [-0.2, 0) is 16.6 Å². The van der Waals surface area contributed by atoms with Gasteiger partial charge in [-0.15, -0.1) is 0 Å². The number of thiazole rings is 1. The molecule has 8 nitrogen and oxygen atoms in total. The second kappa shape index (κ2) is 8.55. The molecule has 0 fully saturated rings. The van der Waals surface area contributed by atoms with Crippen molar-refractivity contribution in [1.82, 2.24) is 4.57 Å². The average molecular weight is 510 g/mol. The highest BCUT2D eigenvalue weighted by atomic mass is 35.5. The first-order valence-corrected chi connectivity index (χ1v) is 12.0. The number of nitrogens with one attached hydrogen (secondary N) is 1. The zero-order chi connectivity index (χ0) is 23.0. The van der Waals surface area contributed by atoms with Crippen molar-refractivity contribution in [2.75, 3.05) is 4.72 Å². The second-order valence-corrected chi connectivity index (χ2v) is 10.2. The number of halogens is 2. The summed E-state index contributed by atoms with van der Waals surface area (Å²) in [4.78, 5) is 22.5. The van der Waals surface area contributed by atoms with Gasteiger partial charge in [0, 0.05) is 17.2 Å². The lowest BCUT2D eigenvalue weighted by molar-refractivity contribution is -0.384. The Bertz CT molecular complexity index is 1530. The fraction of sp³-hybridized carbons (Fsp3) is 0.0500. The lowest BCUT2D eigenvalue weighted by Crippen LogP contribution is -2.14. The summed E-state index contributed by atoms with van der Waals surface area (Å²) in [6.45, 7) is 0.242. The molecule has 32 heavy (non-hydrogen) atoms. The number of fused-ring (bicyclic) bond motifs is 1. The van der Waals surface area contributed by atoms with Crippen molar-refractivity contribution in [2.24, 2.45) is 0 Å². The van der Waals surface area contributed by atoms with Crippen molar-refractivity contribution in [3.05, 3.63) is 96.1 Å². The minimum absolute atomic E-state index is 0.0100. The maximum Gasteiger partial charge on any atom is 0.308 e. The van der Waals surface area contributed by atoms with Gasteiger partial charge < -0.3 is 0 Å². The number of hydrogen-bond donors (Lipinski definition) is 1. The van der Waals surface area contributed by atoms with Crippen LogP contribution >= 0.6 is 34.5 Å². The van der Waals surface area contributed by atoms with Gasteiger partial charge in [-0.05, 0) is 35.9 Å². The van der Waals surface area contributed by atoms with Crippen LogP contribution in [0.15, 0.2) is 70.4 Å². The van der Waals surface area contributed by atoms with E-state index in [-0.39, 0.29) is 32.7 Å². The van der Waals surface area contributed by atoms with Gasteiger partial charge in [0.15, 0.2) is 0 Å². The lowest BCUT2D eigenvalue weighted by Gasteiger charge is -2.10. The van der Waals surface area contributed by atoms with E-state index in [1.54, 1.807) is 12.1 Å². The van der Waals surface area contributed by atoms with Crippen LogP contribution < -0.4 is 9.60 Å². The molecular weight excluding hydrogens is 497 g/mol. The Morgan fingerprint density at radius 3 is 2.50 bits per heavy atom. The molecule has 0 aliphatic rings. The minimum atomic E-state index is -4.12. The van der Waals surface area contributed by atoms with Gasteiger partial charge in [-0.2, -0.15) is 0 Å². The van der Waals surface area contributed by atoms with Gasteiger partial charge >= 0.3 is 4.87 Å². The number of nitrogens with zero attached hydrogens (tertiary/aromatic N) is 2. The van der Waals surface area contributed by atoms with Crippen LogP contribution in [0.2, 0.25) is 10.0 Å². The molecule has 0 amide bonds. The van der Waals surface area contributed by atoms with Gasteiger partial charge in [0.1, 0.15) is 0 Å². The normalized spacial score (nSPS) is 11.6. The van der Waals surface area contributed by atoms with E-state index in [9.17, 15) is 23.3 Å². The van der Waals surface area contributed by atoms with Crippen molar-refractivity contribution in [1.29, 1.82) is 0 Å². The molecule has 164 valence electrons. The molecule has 0 saturated carbocycles. The summed E-state index contributed by atoms with van der Waals surface area (Å²) in [7, 11) is -4.12. The number of sulfonamides is 1. The number of benzene rings is 3. The van der Waals surface area contributed by atoms with Crippen LogP contribution in [0.1, 0.15) is 5.56 Å². The van der Waals surface area contributed by atoms with E-state index in [4.69, 9.17) is 23.2 Å². The Kier molecular flexibility index (Phi) is 5.95. The molecule has 0 saturated heterocycles. The highest BCUT2D eigenvalue weighted by molar-refractivity contribution is 7.92. The van der Waals surface area contributed by atoms with E-state index in [1.807, 2.05) is 12.1 Å². The molecule has 4 aromatic rings. The fourth-order valence-corrected chi connectivity index (χ4v) is 5.59. The standard InChI is InChI=1S/C20H13Cl2N3O5S2/c21-15-4-2-1-3-12(15)11-24-18-8-6-14(10-19(18)31-20(24)26)32(29,30)23-17-9-13(25(27)28)5-7-16(17)22/h1-10,23H,11H2. The Labute approximate surface area is 195 Å². The summed E-state index contributed by atoms with van der Waals surface area (Å²) in [5.74, 6) is 0. The summed E-state index contributed by atoms with van der Waals surface area (Å²) in [5, 5.41) is 11.5. The largest absolute Gasteiger partial charge is 0.308 e. The third-order valence-corrected chi connectivity index (χ3v) is 7.64. The van der Waals surface area contributed by atoms with Crippen LogP contribution in [0.3, 0.4) is 0 Å². The molecule has 12 heteroatoms. The fourth-order valence-electron chi connectivity index (χ4n) is 3.07. The summed E-state index contributed by atoms with van der Waals surface area (Å²) >= 11 is 13.1.